The Hall–Kier alpha value is -3.55. The second-order valence-electron chi connectivity index (χ2n) is 6.62. The van der Waals surface area contributed by atoms with Gasteiger partial charge in [0.1, 0.15) is 0 Å². The van der Waals surface area contributed by atoms with E-state index in [0.29, 0.717) is 32.0 Å². The Morgan fingerprint density at radius 1 is 1.03 bits per heavy atom. The van der Waals surface area contributed by atoms with Gasteiger partial charge in [-0.3, -0.25) is 4.79 Å². The minimum atomic E-state index is -0.529. The maximum Gasteiger partial charge on any atom is 0.343 e. The molecule has 0 radical (unpaired) electrons. The van der Waals surface area contributed by atoms with Crippen molar-refractivity contribution in [1.29, 1.82) is 0 Å². The number of hydrogen-bond donors (Lipinski definition) is 1. The molecule has 0 bridgehead atoms. The standard InChI is InChI=1S/C24H17ClN2O4S/c1-30-20-13-15(7-12-19(20)31-23(29)16-8-10-17(25)11-9-16)14-21-22(28)27-24(32-21)26-18-5-3-2-4-6-18/h2-14H,1H3,(H,26,27,28). The highest BCUT2D eigenvalue weighted by atomic mass is 35.5. The molecule has 0 aromatic heterocycles. The van der Waals surface area contributed by atoms with E-state index >= 15 is 0 Å². The predicted octanol–water partition coefficient (Wildman–Crippen LogP) is 5.46. The van der Waals surface area contributed by atoms with Crippen molar-refractivity contribution in [3.63, 3.8) is 0 Å². The molecule has 0 unspecified atom stereocenters. The van der Waals surface area contributed by atoms with Crippen molar-refractivity contribution in [2.24, 2.45) is 4.99 Å². The van der Waals surface area contributed by atoms with Crippen LogP contribution in [-0.2, 0) is 4.79 Å². The second kappa shape index (κ2) is 9.72. The molecule has 3 aromatic rings. The molecule has 0 saturated carbocycles. The number of hydrogen-bond acceptors (Lipinski definition) is 6. The van der Waals surface area contributed by atoms with Gasteiger partial charge in [-0.1, -0.05) is 35.9 Å². The number of amidine groups is 1. The van der Waals surface area contributed by atoms with Crippen LogP contribution in [0.2, 0.25) is 5.02 Å². The molecule has 160 valence electrons. The van der Waals surface area contributed by atoms with E-state index in [4.69, 9.17) is 21.1 Å². The van der Waals surface area contributed by atoms with Crippen LogP contribution in [0.3, 0.4) is 0 Å². The van der Waals surface area contributed by atoms with Gasteiger partial charge in [-0.05, 0) is 71.9 Å². The highest BCUT2D eigenvalue weighted by Gasteiger charge is 2.24. The summed E-state index contributed by atoms with van der Waals surface area (Å²) in [6, 6.07) is 20.8. The van der Waals surface area contributed by atoms with Crippen LogP contribution in [0.5, 0.6) is 11.5 Å². The first kappa shape index (κ1) is 21.7. The number of nitrogens with one attached hydrogen (secondary N) is 1. The van der Waals surface area contributed by atoms with E-state index < -0.39 is 5.97 Å². The zero-order chi connectivity index (χ0) is 22.5. The van der Waals surface area contributed by atoms with E-state index in [1.54, 1.807) is 48.5 Å². The molecule has 0 atom stereocenters. The van der Waals surface area contributed by atoms with Crippen LogP contribution in [0.25, 0.3) is 6.08 Å². The Balaban J connectivity index is 1.52. The molecule has 4 rings (SSSR count). The van der Waals surface area contributed by atoms with Crippen molar-refractivity contribution in [2.75, 3.05) is 7.11 Å². The number of nitrogens with zero attached hydrogens (tertiary/aromatic N) is 1. The average Bonchev–Trinajstić information content (AvgIpc) is 3.14. The lowest BCUT2D eigenvalue weighted by atomic mass is 10.2. The van der Waals surface area contributed by atoms with Gasteiger partial charge < -0.3 is 14.8 Å². The van der Waals surface area contributed by atoms with Crippen LogP contribution in [0.1, 0.15) is 15.9 Å². The van der Waals surface area contributed by atoms with Gasteiger partial charge in [-0.15, -0.1) is 0 Å². The first-order valence-electron chi connectivity index (χ1n) is 9.52. The molecule has 0 spiro atoms. The van der Waals surface area contributed by atoms with Gasteiger partial charge in [0, 0.05) is 5.02 Å². The lowest BCUT2D eigenvalue weighted by Gasteiger charge is -2.10. The summed E-state index contributed by atoms with van der Waals surface area (Å²) >= 11 is 7.10. The SMILES string of the molecule is COc1cc(C=C2SC(=Nc3ccccc3)NC2=O)ccc1OC(=O)c1ccc(Cl)cc1. The highest BCUT2D eigenvalue weighted by Crippen LogP contribution is 2.32. The van der Waals surface area contributed by atoms with Crippen molar-refractivity contribution in [1.82, 2.24) is 5.32 Å². The molecular weight excluding hydrogens is 448 g/mol. The topological polar surface area (TPSA) is 77.0 Å². The van der Waals surface area contributed by atoms with Gasteiger partial charge in [0.15, 0.2) is 16.7 Å². The van der Waals surface area contributed by atoms with Gasteiger partial charge >= 0.3 is 5.97 Å². The molecular formula is C24H17ClN2O4S. The van der Waals surface area contributed by atoms with Crippen molar-refractivity contribution < 1.29 is 19.1 Å². The van der Waals surface area contributed by atoms with Crippen LogP contribution in [0.4, 0.5) is 5.69 Å². The van der Waals surface area contributed by atoms with Gasteiger partial charge in [0.2, 0.25) is 0 Å². The first-order valence-corrected chi connectivity index (χ1v) is 10.7. The molecule has 1 saturated heterocycles. The number of halogens is 1. The summed E-state index contributed by atoms with van der Waals surface area (Å²) in [6.45, 7) is 0. The lowest BCUT2D eigenvalue weighted by Crippen LogP contribution is -2.19. The van der Waals surface area contributed by atoms with Crippen LogP contribution in [-0.4, -0.2) is 24.2 Å². The number of carbonyl (C=O) groups excluding carboxylic acids is 2. The summed E-state index contributed by atoms with van der Waals surface area (Å²) in [5.74, 6) is -0.131. The van der Waals surface area contributed by atoms with E-state index in [9.17, 15) is 9.59 Å². The number of para-hydroxylation sites is 1. The van der Waals surface area contributed by atoms with Gasteiger partial charge in [-0.2, -0.15) is 0 Å². The smallest absolute Gasteiger partial charge is 0.343 e. The number of benzene rings is 3. The normalized spacial score (nSPS) is 15.6. The fourth-order valence-corrected chi connectivity index (χ4v) is 3.82. The quantitative estimate of drug-likeness (QED) is 0.308. The van der Waals surface area contributed by atoms with Gasteiger partial charge in [0.25, 0.3) is 5.91 Å². The summed E-state index contributed by atoms with van der Waals surface area (Å²) in [4.78, 5) is 29.6. The number of amides is 1. The van der Waals surface area contributed by atoms with Crippen LogP contribution in [0.15, 0.2) is 82.7 Å². The van der Waals surface area contributed by atoms with Crippen molar-refractivity contribution >= 4 is 52.2 Å². The first-order chi connectivity index (χ1) is 15.5. The molecule has 3 aromatic carbocycles. The molecule has 1 aliphatic heterocycles. The van der Waals surface area contributed by atoms with Crippen molar-refractivity contribution in [3.05, 3.63) is 93.9 Å². The summed E-state index contributed by atoms with van der Waals surface area (Å²) in [5.41, 5.74) is 1.84. The number of aliphatic imine (C=N–C) groups is 1. The Morgan fingerprint density at radius 2 is 1.78 bits per heavy atom. The second-order valence-corrected chi connectivity index (χ2v) is 8.09. The number of esters is 1. The molecule has 1 aliphatic rings. The Labute approximate surface area is 193 Å². The zero-order valence-corrected chi connectivity index (χ0v) is 18.4. The number of thioether (sulfide) groups is 1. The highest BCUT2D eigenvalue weighted by molar-refractivity contribution is 8.18. The monoisotopic (exact) mass is 464 g/mol. The molecule has 32 heavy (non-hydrogen) atoms. The fourth-order valence-electron chi connectivity index (χ4n) is 2.85. The predicted molar refractivity (Wildman–Crippen MR) is 127 cm³/mol. The maximum absolute atomic E-state index is 12.4. The Morgan fingerprint density at radius 3 is 2.50 bits per heavy atom. The summed E-state index contributed by atoms with van der Waals surface area (Å²) in [5, 5.41) is 3.79. The van der Waals surface area contributed by atoms with E-state index in [0.717, 1.165) is 5.69 Å². The Bertz CT molecular complexity index is 1220. The molecule has 1 N–H and O–H groups in total. The maximum atomic E-state index is 12.4. The fraction of sp³-hybridized carbons (Fsp3) is 0.0417. The third kappa shape index (κ3) is 5.19. The number of ether oxygens (including phenoxy) is 2. The van der Waals surface area contributed by atoms with E-state index in [-0.39, 0.29) is 11.7 Å². The van der Waals surface area contributed by atoms with E-state index in [2.05, 4.69) is 10.3 Å². The van der Waals surface area contributed by atoms with Crippen molar-refractivity contribution in [3.8, 4) is 11.5 Å². The van der Waals surface area contributed by atoms with Crippen LogP contribution < -0.4 is 14.8 Å². The minimum Gasteiger partial charge on any atom is -0.493 e. The van der Waals surface area contributed by atoms with Crippen LogP contribution in [0, 0.1) is 0 Å². The van der Waals surface area contributed by atoms with Gasteiger partial charge in [-0.25, -0.2) is 9.79 Å². The van der Waals surface area contributed by atoms with E-state index in [1.807, 2.05) is 30.3 Å². The minimum absolute atomic E-state index is 0.234. The van der Waals surface area contributed by atoms with Crippen molar-refractivity contribution in [2.45, 2.75) is 0 Å². The molecule has 1 amide bonds. The lowest BCUT2D eigenvalue weighted by molar-refractivity contribution is -0.115. The summed E-state index contributed by atoms with van der Waals surface area (Å²) < 4.78 is 10.8. The zero-order valence-electron chi connectivity index (χ0n) is 16.9. The molecule has 0 aliphatic carbocycles. The summed E-state index contributed by atoms with van der Waals surface area (Å²) in [6.07, 6.45) is 1.72. The largest absolute Gasteiger partial charge is 0.493 e. The third-order valence-electron chi connectivity index (χ3n) is 4.41. The number of carbonyl (C=O) groups is 2. The molecule has 8 heteroatoms. The summed E-state index contributed by atoms with van der Waals surface area (Å²) in [7, 11) is 1.48. The molecule has 6 nitrogen and oxygen atoms in total. The number of rotatable bonds is 5. The molecule has 1 fully saturated rings. The average molecular weight is 465 g/mol. The Kier molecular flexibility index (Phi) is 6.58. The third-order valence-corrected chi connectivity index (χ3v) is 5.57. The van der Waals surface area contributed by atoms with E-state index in [1.165, 1.54) is 18.9 Å². The van der Waals surface area contributed by atoms with Gasteiger partial charge in [0.05, 0.1) is 23.3 Å². The number of methoxy groups -OCH3 is 1. The van der Waals surface area contributed by atoms with Crippen LogP contribution >= 0.6 is 23.4 Å². The molecule has 1 heterocycles.